The Morgan fingerprint density at radius 2 is 0.500 bits per heavy atom. The molecule has 5 atom stereocenters. The smallest absolute Gasteiger partial charge is 0.462 e. The highest BCUT2D eigenvalue weighted by molar-refractivity contribution is 7.47. The summed E-state index contributed by atoms with van der Waals surface area (Å²) < 4.78 is 68.6. The van der Waals surface area contributed by atoms with Crippen molar-refractivity contribution in [2.75, 3.05) is 39.6 Å². The quantitative estimate of drug-likeness (QED) is 0.0169. The number of aliphatic hydroxyl groups excluding tert-OH is 1. The first kappa shape index (κ1) is 99.5. The summed E-state index contributed by atoms with van der Waals surface area (Å²) in [7, 11) is -9.98. The van der Waals surface area contributed by atoms with Crippen LogP contribution in [0.4, 0.5) is 0 Å². The number of esters is 4. The summed E-state index contributed by atoms with van der Waals surface area (Å²) in [5, 5.41) is 10.6. The van der Waals surface area contributed by atoms with Crippen LogP contribution in [-0.2, 0) is 65.4 Å². The lowest BCUT2D eigenvalue weighted by Gasteiger charge is -2.21. The summed E-state index contributed by atoms with van der Waals surface area (Å²) in [5.41, 5.74) is 0. The van der Waals surface area contributed by atoms with Crippen LogP contribution in [0.15, 0.2) is 122 Å². The molecule has 0 fully saturated rings. The molecule has 0 saturated heterocycles. The fourth-order valence-electron chi connectivity index (χ4n) is 10.7. The third-order valence-corrected chi connectivity index (χ3v) is 18.8. The monoisotopic (exact) mass is 1500 g/mol. The summed E-state index contributed by atoms with van der Waals surface area (Å²) in [4.78, 5) is 73.1. The number of rotatable bonds is 76. The van der Waals surface area contributed by atoms with Gasteiger partial charge in [-0.2, -0.15) is 0 Å². The largest absolute Gasteiger partial charge is 0.472 e. The molecule has 0 amide bonds. The van der Waals surface area contributed by atoms with Gasteiger partial charge in [0, 0.05) is 25.7 Å². The van der Waals surface area contributed by atoms with E-state index in [-0.39, 0.29) is 25.7 Å². The Morgan fingerprint density at radius 3 is 0.808 bits per heavy atom. The van der Waals surface area contributed by atoms with Gasteiger partial charge in [0.05, 0.1) is 26.4 Å². The highest BCUT2D eigenvalue weighted by atomic mass is 31.2. The van der Waals surface area contributed by atoms with Crippen molar-refractivity contribution in [3.63, 3.8) is 0 Å². The van der Waals surface area contributed by atoms with Gasteiger partial charge < -0.3 is 33.8 Å². The third kappa shape index (κ3) is 75.7. The summed E-state index contributed by atoms with van der Waals surface area (Å²) >= 11 is 0. The number of aliphatic hydroxyl groups is 1. The second-order valence-corrected chi connectivity index (χ2v) is 29.9. The molecule has 0 bridgehead atoms. The Kier molecular flexibility index (Phi) is 73.3. The molecule has 0 spiro atoms. The van der Waals surface area contributed by atoms with Gasteiger partial charge in [-0.3, -0.25) is 37.3 Å². The Bertz CT molecular complexity index is 2440. The van der Waals surface area contributed by atoms with Gasteiger partial charge in [-0.15, -0.1) is 0 Å². The lowest BCUT2D eigenvalue weighted by molar-refractivity contribution is -0.161. The molecule has 0 aliphatic heterocycles. The molecule has 17 nitrogen and oxygen atoms in total. The predicted octanol–water partition coefficient (Wildman–Crippen LogP) is 23.9. The first-order chi connectivity index (χ1) is 50.7. The van der Waals surface area contributed by atoms with Gasteiger partial charge in [0.15, 0.2) is 12.2 Å². The molecule has 0 aromatic heterocycles. The molecule has 0 rings (SSSR count). The van der Waals surface area contributed by atoms with Gasteiger partial charge >= 0.3 is 39.5 Å². The number of hydrogen-bond donors (Lipinski definition) is 3. The Balaban J connectivity index is 5.41. The molecule has 0 aromatic rings. The predicted molar refractivity (Wildman–Crippen MR) is 427 cm³/mol. The van der Waals surface area contributed by atoms with Crippen LogP contribution in [0.3, 0.4) is 0 Å². The topological polar surface area (TPSA) is 237 Å². The maximum atomic E-state index is 13.1. The summed E-state index contributed by atoms with van der Waals surface area (Å²) in [6, 6.07) is 0. The van der Waals surface area contributed by atoms with Gasteiger partial charge in [-0.25, -0.2) is 9.13 Å². The maximum absolute atomic E-state index is 13.1. The summed E-state index contributed by atoms with van der Waals surface area (Å²) in [5.74, 6) is -2.24. The zero-order valence-corrected chi connectivity index (χ0v) is 67.2. The van der Waals surface area contributed by atoms with Crippen LogP contribution in [0.1, 0.15) is 336 Å². The van der Waals surface area contributed by atoms with E-state index in [0.29, 0.717) is 25.7 Å². The van der Waals surface area contributed by atoms with Crippen molar-refractivity contribution in [2.24, 2.45) is 0 Å². The molecule has 0 aliphatic carbocycles. The Morgan fingerprint density at radius 1 is 0.279 bits per heavy atom. The van der Waals surface area contributed by atoms with Crippen molar-refractivity contribution >= 4 is 39.5 Å². The molecule has 2 unspecified atom stereocenters. The number of unbranched alkanes of at least 4 members (excludes halogenated alkanes) is 30. The van der Waals surface area contributed by atoms with Crippen molar-refractivity contribution in [3.05, 3.63) is 122 Å². The normalized spacial score (nSPS) is 14.5. The van der Waals surface area contributed by atoms with Gasteiger partial charge in [-0.05, 0) is 161 Å². The van der Waals surface area contributed by atoms with E-state index in [1.165, 1.54) is 77.0 Å². The minimum Gasteiger partial charge on any atom is -0.462 e. The van der Waals surface area contributed by atoms with Crippen molar-refractivity contribution in [1.29, 1.82) is 0 Å². The highest BCUT2D eigenvalue weighted by Gasteiger charge is 2.30. The molecule has 0 radical (unpaired) electrons. The van der Waals surface area contributed by atoms with Crippen LogP contribution in [0.25, 0.3) is 0 Å². The summed E-state index contributed by atoms with van der Waals surface area (Å²) in [6.45, 7) is 4.65. The molecule has 3 N–H and O–H groups in total. The average molecular weight is 1500 g/mol. The molecule has 0 saturated carbocycles. The SMILES string of the molecule is CC/C=C\C/C=C\C/C=C\C/C=C\C/C=C\CCCCCC(=O)OC[C@H](COP(=O)(O)OC[C@@H](O)COP(=O)(O)OC[C@@H](COC(=O)CCCCCCCCC/C=C\CCCCCC)OC(=O)CCCCCCC/C=C\C/C=C\CCCCC)OC(=O)CCCCCCC/C=C\C/C=C\CCCCC. The van der Waals surface area contributed by atoms with Crippen LogP contribution in [0, 0.1) is 0 Å². The first-order valence-electron chi connectivity index (χ1n) is 40.8. The van der Waals surface area contributed by atoms with Crippen molar-refractivity contribution < 1.29 is 80.2 Å². The lowest BCUT2D eigenvalue weighted by atomic mass is 10.1. The van der Waals surface area contributed by atoms with Crippen LogP contribution in [-0.4, -0.2) is 96.7 Å². The number of carbonyl (C=O) groups excluding carboxylic acids is 4. The third-order valence-electron chi connectivity index (χ3n) is 16.9. The zero-order chi connectivity index (χ0) is 76.0. The minimum atomic E-state index is -4.99. The van der Waals surface area contributed by atoms with Gasteiger partial charge in [-0.1, -0.05) is 271 Å². The van der Waals surface area contributed by atoms with Crippen molar-refractivity contribution in [1.82, 2.24) is 0 Å². The van der Waals surface area contributed by atoms with E-state index in [0.717, 1.165) is 180 Å². The molecular weight excluding hydrogens is 1350 g/mol. The minimum absolute atomic E-state index is 0.0689. The van der Waals surface area contributed by atoms with Gasteiger partial charge in [0.25, 0.3) is 0 Å². The number of hydrogen-bond acceptors (Lipinski definition) is 15. The molecule has 0 aromatic carbocycles. The molecule has 0 aliphatic rings. The van der Waals surface area contributed by atoms with Gasteiger partial charge in [0.2, 0.25) is 0 Å². The number of phosphoric ester groups is 2. The summed E-state index contributed by atoms with van der Waals surface area (Å²) in [6.07, 6.45) is 84.5. The van der Waals surface area contributed by atoms with E-state index in [4.69, 9.17) is 37.0 Å². The van der Waals surface area contributed by atoms with E-state index >= 15 is 0 Å². The van der Waals surface area contributed by atoms with E-state index < -0.39 is 97.5 Å². The second kappa shape index (κ2) is 76.6. The zero-order valence-electron chi connectivity index (χ0n) is 65.4. The van der Waals surface area contributed by atoms with E-state index in [9.17, 15) is 43.2 Å². The van der Waals surface area contributed by atoms with Crippen LogP contribution < -0.4 is 0 Å². The molecule has 104 heavy (non-hydrogen) atoms. The molecular formula is C85H146O17P2. The van der Waals surface area contributed by atoms with Crippen LogP contribution in [0.5, 0.6) is 0 Å². The lowest BCUT2D eigenvalue weighted by Crippen LogP contribution is -2.30. The molecule has 598 valence electrons. The first-order valence-corrected chi connectivity index (χ1v) is 43.8. The van der Waals surface area contributed by atoms with Gasteiger partial charge in [0.1, 0.15) is 19.3 Å². The molecule has 19 heteroatoms. The van der Waals surface area contributed by atoms with Crippen LogP contribution >= 0.6 is 15.6 Å². The van der Waals surface area contributed by atoms with E-state index in [1.54, 1.807) is 0 Å². The Hall–Kier alpha value is -4.54. The number of allylic oxidation sites excluding steroid dienone is 20. The van der Waals surface area contributed by atoms with E-state index in [2.05, 4.69) is 149 Å². The maximum Gasteiger partial charge on any atom is 0.472 e. The second-order valence-electron chi connectivity index (χ2n) is 27.0. The van der Waals surface area contributed by atoms with Crippen molar-refractivity contribution in [2.45, 2.75) is 354 Å². The fourth-order valence-corrected chi connectivity index (χ4v) is 12.2. The highest BCUT2D eigenvalue weighted by Crippen LogP contribution is 2.45. The molecule has 0 heterocycles. The fraction of sp³-hybridized carbons (Fsp3) is 0.718. The number of ether oxygens (including phenoxy) is 4. The standard InChI is InChI=1S/C85H146O17P2/c1-5-9-13-17-21-25-29-33-37-38-39-40-44-46-50-54-58-62-66-70-83(88)96-76-81(102-85(90)72-68-64-60-56-52-48-43-36-32-28-24-20-16-12-8-4)78-100-104(93,94)98-74-79(86)73-97-103(91,92)99-77-80(101-84(89)71-67-63-59-55-51-47-42-35-31-27-23-19-15-11-7-3)75-95-82(87)69-65-61-57-53-49-45-41-34-30-26-22-18-14-10-6-2/h9,13,21,23-28,30,33,35-37,39-40,42-43,46,50,79-81,86H,5-8,10-12,14-20,22,29,31-32,34,38,41,44-45,47-49,51-78H2,1-4H3,(H,91,92)(H,93,94)/b13-9-,25-21-,27-23-,28-24-,30-26-,37-33-,40-39-,42-35-,43-36-,50-46-/t79-,80+,81+/m0/s1. The van der Waals surface area contributed by atoms with E-state index in [1.807, 2.05) is 0 Å². The van der Waals surface area contributed by atoms with Crippen molar-refractivity contribution in [3.8, 4) is 0 Å². The number of carbonyl (C=O) groups is 4. The Labute approximate surface area is 632 Å². The van der Waals surface area contributed by atoms with Crippen LogP contribution in [0.2, 0.25) is 0 Å². The number of phosphoric acid groups is 2. The average Bonchev–Trinajstić information content (AvgIpc) is 0.918.